The average molecular weight is 229 g/mol. The Hall–Kier alpha value is -1.54. The molecule has 0 radical (unpaired) electrons. The highest BCUT2D eigenvalue weighted by Gasteiger charge is 2.03. The van der Waals surface area contributed by atoms with Crippen molar-refractivity contribution in [3.8, 4) is 5.75 Å². The van der Waals surface area contributed by atoms with Crippen molar-refractivity contribution in [2.75, 3.05) is 20.2 Å². The molecular weight excluding hydrogens is 210 g/mol. The summed E-state index contributed by atoms with van der Waals surface area (Å²) >= 11 is 0. The lowest BCUT2D eigenvalue weighted by Crippen LogP contribution is -2.16. The quantitative estimate of drug-likeness (QED) is 0.814. The van der Waals surface area contributed by atoms with Crippen molar-refractivity contribution in [1.29, 1.82) is 0 Å². The van der Waals surface area contributed by atoms with E-state index in [1.807, 2.05) is 19.2 Å². The van der Waals surface area contributed by atoms with E-state index in [2.05, 4.69) is 37.4 Å². The average Bonchev–Trinajstić information content (AvgIpc) is 2.32. The number of likely N-dealkylation sites (N-methyl/N-ethyl adjacent to an activating group) is 1. The first-order valence-electron chi connectivity index (χ1n) is 6.00. The number of ether oxygens (including phenoxy) is 1. The highest BCUT2D eigenvalue weighted by atomic mass is 16.5. The predicted octanol–water partition coefficient (Wildman–Crippen LogP) is 3.05. The number of rotatable bonds is 4. The summed E-state index contributed by atoms with van der Waals surface area (Å²) in [5.41, 5.74) is 2.63. The van der Waals surface area contributed by atoms with Gasteiger partial charge in [0.25, 0.3) is 0 Å². The number of hydrogen-bond donors (Lipinski definition) is 1. The Morgan fingerprint density at radius 1 is 1.12 bits per heavy atom. The minimum atomic E-state index is 0.697. The fraction of sp³-hybridized carbons (Fsp3) is 0.333. The van der Waals surface area contributed by atoms with Gasteiger partial charge in [-0.3, -0.25) is 0 Å². The van der Waals surface area contributed by atoms with Crippen LogP contribution in [0, 0.1) is 13.8 Å². The summed E-state index contributed by atoms with van der Waals surface area (Å²) < 4.78 is 5.79. The van der Waals surface area contributed by atoms with Crippen molar-refractivity contribution in [3.63, 3.8) is 0 Å². The molecule has 0 saturated heterocycles. The highest BCUT2D eigenvalue weighted by molar-refractivity contribution is 5.89. The molecule has 2 aromatic rings. The molecule has 90 valence electrons. The second kappa shape index (κ2) is 5.19. The Balaban J connectivity index is 2.38. The van der Waals surface area contributed by atoms with Crippen LogP contribution < -0.4 is 10.1 Å². The molecule has 0 fully saturated rings. The molecule has 0 spiro atoms. The van der Waals surface area contributed by atoms with Gasteiger partial charge in [-0.2, -0.15) is 0 Å². The Kier molecular flexibility index (Phi) is 3.64. The lowest BCUT2D eigenvalue weighted by atomic mass is 10.0. The minimum absolute atomic E-state index is 0.697. The zero-order valence-corrected chi connectivity index (χ0v) is 10.7. The van der Waals surface area contributed by atoms with Gasteiger partial charge in [-0.1, -0.05) is 18.2 Å². The van der Waals surface area contributed by atoms with Crippen molar-refractivity contribution in [3.05, 3.63) is 41.5 Å². The van der Waals surface area contributed by atoms with Crippen LogP contribution in [-0.2, 0) is 0 Å². The van der Waals surface area contributed by atoms with Crippen molar-refractivity contribution < 1.29 is 4.74 Å². The molecule has 2 nitrogen and oxygen atoms in total. The SMILES string of the molecule is CNCCOc1cccc2cc(C)c(C)cc12. The molecule has 1 N–H and O–H groups in total. The molecule has 0 amide bonds. The third-order valence-electron chi connectivity index (χ3n) is 3.06. The van der Waals surface area contributed by atoms with Crippen LogP contribution in [0.15, 0.2) is 30.3 Å². The smallest absolute Gasteiger partial charge is 0.127 e. The molecule has 0 aliphatic rings. The summed E-state index contributed by atoms with van der Waals surface area (Å²) in [6.07, 6.45) is 0. The summed E-state index contributed by atoms with van der Waals surface area (Å²) in [7, 11) is 1.93. The fourth-order valence-electron chi connectivity index (χ4n) is 1.91. The van der Waals surface area contributed by atoms with Gasteiger partial charge >= 0.3 is 0 Å². The number of hydrogen-bond acceptors (Lipinski definition) is 2. The van der Waals surface area contributed by atoms with Gasteiger partial charge < -0.3 is 10.1 Å². The van der Waals surface area contributed by atoms with Crippen LogP contribution in [0.3, 0.4) is 0 Å². The summed E-state index contributed by atoms with van der Waals surface area (Å²) in [6.45, 7) is 5.84. The summed E-state index contributed by atoms with van der Waals surface area (Å²) in [4.78, 5) is 0. The van der Waals surface area contributed by atoms with E-state index in [0.29, 0.717) is 6.61 Å². The maximum Gasteiger partial charge on any atom is 0.127 e. The molecule has 0 aliphatic carbocycles. The van der Waals surface area contributed by atoms with E-state index in [9.17, 15) is 0 Å². The predicted molar refractivity (Wildman–Crippen MR) is 72.8 cm³/mol. The van der Waals surface area contributed by atoms with Crippen molar-refractivity contribution >= 4 is 10.8 Å². The third-order valence-corrected chi connectivity index (χ3v) is 3.06. The Bertz CT molecular complexity index is 520. The van der Waals surface area contributed by atoms with Gasteiger partial charge in [0.05, 0.1) is 0 Å². The molecule has 2 heteroatoms. The largest absolute Gasteiger partial charge is 0.492 e. The second-order valence-corrected chi connectivity index (χ2v) is 4.37. The topological polar surface area (TPSA) is 21.3 Å². The molecule has 0 bridgehead atoms. The Labute approximate surface area is 103 Å². The zero-order valence-electron chi connectivity index (χ0n) is 10.7. The van der Waals surface area contributed by atoms with Crippen LogP contribution in [0.25, 0.3) is 10.8 Å². The molecule has 17 heavy (non-hydrogen) atoms. The molecule has 0 heterocycles. The van der Waals surface area contributed by atoms with E-state index in [4.69, 9.17) is 4.74 Å². The first-order chi connectivity index (χ1) is 8.22. The Morgan fingerprint density at radius 3 is 2.65 bits per heavy atom. The molecule has 0 unspecified atom stereocenters. The van der Waals surface area contributed by atoms with Gasteiger partial charge in [-0.25, -0.2) is 0 Å². The maximum atomic E-state index is 5.79. The lowest BCUT2D eigenvalue weighted by Gasteiger charge is -2.11. The lowest BCUT2D eigenvalue weighted by molar-refractivity contribution is 0.322. The molecule has 2 rings (SSSR count). The highest BCUT2D eigenvalue weighted by Crippen LogP contribution is 2.28. The monoisotopic (exact) mass is 229 g/mol. The third kappa shape index (κ3) is 2.59. The van der Waals surface area contributed by atoms with E-state index in [-0.39, 0.29) is 0 Å². The van der Waals surface area contributed by atoms with Crippen molar-refractivity contribution in [2.45, 2.75) is 13.8 Å². The van der Waals surface area contributed by atoms with Crippen LogP contribution in [0.5, 0.6) is 5.75 Å². The standard InChI is InChI=1S/C15H19NO/c1-11-9-13-5-4-6-15(17-8-7-16-3)14(13)10-12(11)2/h4-6,9-10,16H,7-8H2,1-3H3. The summed E-state index contributed by atoms with van der Waals surface area (Å²) in [6, 6.07) is 10.6. The zero-order chi connectivity index (χ0) is 12.3. The summed E-state index contributed by atoms with van der Waals surface area (Å²) in [5.74, 6) is 0.973. The van der Waals surface area contributed by atoms with E-state index in [1.165, 1.54) is 21.9 Å². The molecular formula is C15H19NO. The van der Waals surface area contributed by atoms with E-state index in [1.54, 1.807) is 0 Å². The van der Waals surface area contributed by atoms with Crippen LogP contribution in [0.4, 0.5) is 0 Å². The van der Waals surface area contributed by atoms with Crippen LogP contribution in [0.1, 0.15) is 11.1 Å². The van der Waals surface area contributed by atoms with Gasteiger partial charge in [-0.15, -0.1) is 0 Å². The first-order valence-corrected chi connectivity index (χ1v) is 6.00. The van der Waals surface area contributed by atoms with Crippen LogP contribution in [0.2, 0.25) is 0 Å². The van der Waals surface area contributed by atoms with E-state index in [0.717, 1.165) is 12.3 Å². The van der Waals surface area contributed by atoms with Gasteiger partial charge in [0.15, 0.2) is 0 Å². The molecule has 0 aromatic heterocycles. The van der Waals surface area contributed by atoms with Gasteiger partial charge in [-0.05, 0) is 49.5 Å². The summed E-state index contributed by atoms with van der Waals surface area (Å²) in [5, 5.41) is 5.53. The fourth-order valence-corrected chi connectivity index (χ4v) is 1.91. The minimum Gasteiger partial charge on any atom is -0.492 e. The van der Waals surface area contributed by atoms with Gasteiger partial charge in [0, 0.05) is 11.9 Å². The van der Waals surface area contributed by atoms with E-state index >= 15 is 0 Å². The number of aryl methyl sites for hydroxylation is 2. The van der Waals surface area contributed by atoms with E-state index < -0.39 is 0 Å². The number of fused-ring (bicyclic) bond motifs is 1. The maximum absolute atomic E-state index is 5.79. The Morgan fingerprint density at radius 2 is 1.88 bits per heavy atom. The first kappa shape index (κ1) is 11.9. The van der Waals surface area contributed by atoms with Crippen molar-refractivity contribution in [1.82, 2.24) is 5.32 Å². The van der Waals surface area contributed by atoms with Crippen LogP contribution >= 0.6 is 0 Å². The molecule has 0 atom stereocenters. The second-order valence-electron chi connectivity index (χ2n) is 4.37. The molecule has 2 aromatic carbocycles. The molecule has 0 aliphatic heterocycles. The van der Waals surface area contributed by atoms with Gasteiger partial charge in [0.2, 0.25) is 0 Å². The van der Waals surface area contributed by atoms with Crippen LogP contribution in [-0.4, -0.2) is 20.2 Å². The normalized spacial score (nSPS) is 10.8. The van der Waals surface area contributed by atoms with Crippen molar-refractivity contribution in [2.24, 2.45) is 0 Å². The molecule has 0 saturated carbocycles. The number of nitrogens with one attached hydrogen (secondary N) is 1. The number of benzene rings is 2. The van der Waals surface area contributed by atoms with Gasteiger partial charge in [0.1, 0.15) is 12.4 Å².